The lowest BCUT2D eigenvalue weighted by molar-refractivity contribution is 0.749. The standard InChI is InChI=1S/C12H15ClN4/c13-10-6-5-9-11(17-10)12(15-7-14-9)16-8-3-1-2-4-8/h5-8,10,17H,1-4H2,(H,14,15,16). The van der Waals surface area contributed by atoms with Crippen LogP contribution in [-0.2, 0) is 0 Å². The molecular formula is C12H15ClN4. The van der Waals surface area contributed by atoms with Crippen LogP contribution >= 0.6 is 11.6 Å². The van der Waals surface area contributed by atoms with Gasteiger partial charge in [-0.15, -0.1) is 0 Å². The highest BCUT2D eigenvalue weighted by Crippen LogP contribution is 2.31. The Balaban J connectivity index is 1.86. The molecule has 17 heavy (non-hydrogen) atoms. The fourth-order valence-electron chi connectivity index (χ4n) is 2.40. The van der Waals surface area contributed by atoms with Crippen LogP contribution in [0.5, 0.6) is 0 Å². The number of rotatable bonds is 2. The summed E-state index contributed by atoms with van der Waals surface area (Å²) in [5.74, 6) is 0.872. The van der Waals surface area contributed by atoms with Gasteiger partial charge in [-0.1, -0.05) is 24.4 Å². The van der Waals surface area contributed by atoms with Gasteiger partial charge in [-0.05, 0) is 25.0 Å². The van der Waals surface area contributed by atoms with Crippen molar-refractivity contribution >= 4 is 29.2 Å². The van der Waals surface area contributed by atoms with E-state index >= 15 is 0 Å². The van der Waals surface area contributed by atoms with E-state index in [0.29, 0.717) is 6.04 Å². The van der Waals surface area contributed by atoms with Gasteiger partial charge in [0.1, 0.15) is 17.5 Å². The maximum Gasteiger partial charge on any atom is 0.153 e. The van der Waals surface area contributed by atoms with Crippen molar-refractivity contribution in [3.8, 4) is 0 Å². The molecule has 2 N–H and O–H groups in total. The summed E-state index contributed by atoms with van der Waals surface area (Å²) in [4.78, 5) is 8.54. The number of halogens is 1. The topological polar surface area (TPSA) is 49.8 Å². The zero-order chi connectivity index (χ0) is 11.7. The lowest BCUT2D eigenvalue weighted by Gasteiger charge is -2.21. The SMILES string of the molecule is ClC1C=Cc2ncnc(NC3CCCC3)c2N1. The highest BCUT2D eigenvalue weighted by atomic mass is 35.5. The van der Waals surface area contributed by atoms with E-state index in [9.17, 15) is 0 Å². The number of aromatic nitrogens is 2. The monoisotopic (exact) mass is 250 g/mol. The van der Waals surface area contributed by atoms with Gasteiger partial charge in [0.25, 0.3) is 0 Å². The molecule has 1 aromatic rings. The molecule has 1 aromatic heterocycles. The van der Waals surface area contributed by atoms with Crippen molar-refractivity contribution in [2.45, 2.75) is 37.2 Å². The van der Waals surface area contributed by atoms with Crippen LogP contribution in [0.3, 0.4) is 0 Å². The first-order valence-corrected chi connectivity index (χ1v) is 6.47. The van der Waals surface area contributed by atoms with Crippen LogP contribution in [0.4, 0.5) is 11.5 Å². The van der Waals surface area contributed by atoms with Crippen molar-refractivity contribution in [1.29, 1.82) is 0 Å². The molecule has 1 aliphatic heterocycles. The minimum absolute atomic E-state index is 0.183. The lowest BCUT2D eigenvalue weighted by atomic mass is 10.2. The van der Waals surface area contributed by atoms with Gasteiger partial charge in [-0.2, -0.15) is 0 Å². The third-order valence-corrected chi connectivity index (χ3v) is 3.53. The fourth-order valence-corrected chi connectivity index (χ4v) is 2.58. The quantitative estimate of drug-likeness (QED) is 0.626. The molecule has 0 amide bonds. The van der Waals surface area contributed by atoms with E-state index in [4.69, 9.17) is 11.6 Å². The van der Waals surface area contributed by atoms with E-state index in [2.05, 4.69) is 20.6 Å². The summed E-state index contributed by atoms with van der Waals surface area (Å²) in [7, 11) is 0. The molecule has 1 unspecified atom stereocenters. The molecule has 2 heterocycles. The summed E-state index contributed by atoms with van der Waals surface area (Å²) >= 11 is 6.05. The van der Waals surface area contributed by atoms with Crippen LogP contribution in [-0.4, -0.2) is 21.5 Å². The van der Waals surface area contributed by atoms with Crippen molar-refractivity contribution in [2.24, 2.45) is 0 Å². The van der Waals surface area contributed by atoms with Gasteiger partial charge in [0.15, 0.2) is 5.82 Å². The minimum Gasteiger partial charge on any atom is -0.366 e. The second-order valence-electron chi connectivity index (χ2n) is 4.51. The number of hydrogen-bond donors (Lipinski definition) is 2. The van der Waals surface area contributed by atoms with Crippen LogP contribution in [0.25, 0.3) is 6.08 Å². The second kappa shape index (κ2) is 4.53. The van der Waals surface area contributed by atoms with Crippen molar-refractivity contribution in [3.05, 3.63) is 18.1 Å². The Kier molecular flexibility index (Phi) is 2.89. The summed E-state index contributed by atoms with van der Waals surface area (Å²) < 4.78 is 0. The molecule has 0 radical (unpaired) electrons. The average Bonchev–Trinajstić information content (AvgIpc) is 2.83. The van der Waals surface area contributed by atoms with Gasteiger partial charge in [-0.25, -0.2) is 9.97 Å². The molecule has 2 aliphatic rings. The first kappa shape index (κ1) is 10.8. The number of nitrogens with zero attached hydrogens (tertiary/aromatic N) is 2. The second-order valence-corrected chi connectivity index (χ2v) is 4.98. The molecule has 0 bridgehead atoms. The molecule has 1 saturated carbocycles. The molecule has 5 heteroatoms. The summed E-state index contributed by atoms with van der Waals surface area (Å²) in [6, 6.07) is 0.537. The molecular weight excluding hydrogens is 236 g/mol. The molecule has 1 aliphatic carbocycles. The maximum absolute atomic E-state index is 6.05. The first-order valence-electron chi connectivity index (χ1n) is 6.03. The van der Waals surface area contributed by atoms with Crippen LogP contribution in [0.1, 0.15) is 31.4 Å². The zero-order valence-electron chi connectivity index (χ0n) is 9.49. The molecule has 90 valence electrons. The van der Waals surface area contributed by atoms with Gasteiger partial charge in [-0.3, -0.25) is 0 Å². The highest BCUT2D eigenvalue weighted by Gasteiger charge is 2.20. The Morgan fingerprint density at radius 1 is 1.29 bits per heavy atom. The van der Waals surface area contributed by atoms with Crippen LogP contribution in [0.15, 0.2) is 12.4 Å². The summed E-state index contributed by atoms with van der Waals surface area (Å²) in [5, 5.41) is 6.68. The molecule has 0 saturated heterocycles. The van der Waals surface area contributed by atoms with Crippen molar-refractivity contribution in [1.82, 2.24) is 9.97 Å². The van der Waals surface area contributed by atoms with Gasteiger partial charge in [0.2, 0.25) is 0 Å². The zero-order valence-corrected chi connectivity index (χ0v) is 10.2. The van der Waals surface area contributed by atoms with Crippen LogP contribution in [0, 0.1) is 0 Å². The average molecular weight is 251 g/mol. The number of hydrogen-bond acceptors (Lipinski definition) is 4. The normalized spacial score (nSPS) is 23.2. The number of anilines is 2. The first-order chi connectivity index (χ1) is 8.33. The van der Waals surface area contributed by atoms with Crippen molar-refractivity contribution < 1.29 is 0 Å². The van der Waals surface area contributed by atoms with Gasteiger partial charge < -0.3 is 10.6 Å². The van der Waals surface area contributed by atoms with Crippen LogP contribution in [0.2, 0.25) is 0 Å². The van der Waals surface area contributed by atoms with Crippen molar-refractivity contribution in [3.63, 3.8) is 0 Å². The summed E-state index contributed by atoms with van der Waals surface area (Å²) in [6.07, 6.45) is 10.5. The number of nitrogens with one attached hydrogen (secondary N) is 2. The summed E-state index contributed by atoms with van der Waals surface area (Å²) in [6.45, 7) is 0. The Morgan fingerprint density at radius 2 is 2.12 bits per heavy atom. The molecule has 4 nitrogen and oxygen atoms in total. The molecule has 0 aromatic carbocycles. The predicted molar refractivity (Wildman–Crippen MR) is 70.2 cm³/mol. The molecule has 1 fully saturated rings. The number of fused-ring (bicyclic) bond motifs is 1. The van der Waals surface area contributed by atoms with Gasteiger partial charge >= 0.3 is 0 Å². The Bertz CT molecular complexity index is 440. The van der Waals surface area contributed by atoms with Gasteiger partial charge in [0.05, 0.1) is 5.69 Å². The third kappa shape index (κ3) is 2.22. The van der Waals surface area contributed by atoms with Crippen molar-refractivity contribution in [2.75, 3.05) is 10.6 Å². The Morgan fingerprint density at radius 3 is 2.94 bits per heavy atom. The minimum atomic E-state index is -0.183. The van der Waals surface area contributed by atoms with E-state index in [-0.39, 0.29) is 5.50 Å². The van der Waals surface area contributed by atoms with Gasteiger partial charge in [0, 0.05) is 6.04 Å². The Labute approximate surface area is 105 Å². The lowest BCUT2D eigenvalue weighted by Crippen LogP contribution is -2.21. The molecule has 0 spiro atoms. The molecule has 3 rings (SSSR count). The van der Waals surface area contributed by atoms with E-state index in [1.165, 1.54) is 25.7 Å². The van der Waals surface area contributed by atoms with E-state index in [1.54, 1.807) is 6.33 Å². The Hall–Kier alpha value is -1.29. The van der Waals surface area contributed by atoms with E-state index < -0.39 is 0 Å². The molecule has 1 atom stereocenters. The van der Waals surface area contributed by atoms with E-state index in [0.717, 1.165) is 17.2 Å². The maximum atomic E-state index is 6.05. The summed E-state index contributed by atoms with van der Waals surface area (Å²) in [5.41, 5.74) is 1.64. The van der Waals surface area contributed by atoms with Crippen LogP contribution < -0.4 is 10.6 Å². The fraction of sp³-hybridized carbons (Fsp3) is 0.500. The third-order valence-electron chi connectivity index (χ3n) is 3.28. The smallest absolute Gasteiger partial charge is 0.153 e. The largest absolute Gasteiger partial charge is 0.366 e. The predicted octanol–water partition coefficient (Wildman–Crippen LogP) is 2.83. The highest BCUT2D eigenvalue weighted by molar-refractivity contribution is 6.23. The number of alkyl halides is 1. The van der Waals surface area contributed by atoms with E-state index in [1.807, 2.05) is 12.2 Å².